The second kappa shape index (κ2) is 6.35. The number of nitrogens with two attached hydrogens (primary N) is 2. The zero-order valence-electron chi connectivity index (χ0n) is 10.5. The van der Waals surface area contributed by atoms with Crippen LogP contribution in [0, 0.1) is 6.92 Å². The summed E-state index contributed by atoms with van der Waals surface area (Å²) in [5, 5.41) is 0.798. The molecule has 1 rings (SSSR count). The SMILES string of the molecule is CSC(/N=C(/C)N)=C(/N)Cc1cccc(C)c1. The fourth-order valence-corrected chi connectivity index (χ4v) is 2.10. The summed E-state index contributed by atoms with van der Waals surface area (Å²) < 4.78 is 0. The van der Waals surface area contributed by atoms with E-state index in [1.54, 1.807) is 6.92 Å². The van der Waals surface area contributed by atoms with E-state index in [0.717, 1.165) is 10.7 Å². The maximum absolute atomic E-state index is 6.06. The number of hydrogen-bond donors (Lipinski definition) is 2. The topological polar surface area (TPSA) is 64.4 Å². The van der Waals surface area contributed by atoms with Crippen molar-refractivity contribution in [3.8, 4) is 0 Å². The van der Waals surface area contributed by atoms with E-state index < -0.39 is 0 Å². The van der Waals surface area contributed by atoms with E-state index in [1.807, 2.05) is 12.3 Å². The van der Waals surface area contributed by atoms with E-state index >= 15 is 0 Å². The number of benzene rings is 1. The Balaban J connectivity index is 2.93. The average Bonchev–Trinajstić information content (AvgIpc) is 2.25. The normalized spacial score (nSPS) is 13.5. The van der Waals surface area contributed by atoms with E-state index in [4.69, 9.17) is 11.5 Å². The maximum Gasteiger partial charge on any atom is 0.117 e. The fraction of sp³-hybridized carbons (Fsp3) is 0.308. The number of rotatable bonds is 4. The van der Waals surface area contributed by atoms with Crippen LogP contribution in [0.4, 0.5) is 0 Å². The highest BCUT2D eigenvalue weighted by atomic mass is 32.2. The molecule has 0 aliphatic rings. The Kier molecular flexibility index (Phi) is 5.10. The Morgan fingerprint density at radius 3 is 2.59 bits per heavy atom. The van der Waals surface area contributed by atoms with E-state index in [-0.39, 0.29) is 0 Å². The number of aryl methyl sites for hydroxylation is 1. The lowest BCUT2D eigenvalue weighted by Crippen LogP contribution is -2.09. The van der Waals surface area contributed by atoms with Gasteiger partial charge in [0, 0.05) is 12.1 Å². The van der Waals surface area contributed by atoms with Gasteiger partial charge in [0.25, 0.3) is 0 Å². The summed E-state index contributed by atoms with van der Waals surface area (Å²) >= 11 is 1.52. The van der Waals surface area contributed by atoms with Gasteiger partial charge in [-0.2, -0.15) is 0 Å². The smallest absolute Gasteiger partial charge is 0.117 e. The minimum absolute atomic E-state index is 0.529. The zero-order chi connectivity index (χ0) is 12.8. The van der Waals surface area contributed by atoms with Crippen LogP contribution in [0.3, 0.4) is 0 Å². The van der Waals surface area contributed by atoms with Gasteiger partial charge in [-0.15, -0.1) is 11.8 Å². The number of amidine groups is 1. The average molecular weight is 249 g/mol. The van der Waals surface area contributed by atoms with Crippen LogP contribution >= 0.6 is 11.8 Å². The quantitative estimate of drug-likeness (QED) is 0.636. The molecule has 0 fully saturated rings. The molecule has 0 heterocycles. The molecule has 4 N–H and O–H groups in total. The third-order valence-corrected chi connectivity index (χ3v) is 2.96. The molecule has 1 aromatic carbocycles. The standard InChI is InChI=1S/C13H19N3S/c1-9-5-4-6-11(7-9)8-12(15)13(17-3)16-10(2)14/h4-7H,8,15H2,1-3H3,(H2,14,16)/b13-12+. The van der Waals surface area contributed by atoms with E-state index in [2.05, 4.69) is 30.1 Å². The first kappa shape index (κ1) is 13.6. The molecule has 4 heteroatoms. The van der Waals surface area contributed by atoms with Crippen molar-refractivity contribution >= 4 is 17.6 Å². The maximum atomic E-state index is 6.06. The Morgan fingerprint density at radius 2 is 2.06 bits per heavy atom. The van der Waals surface area contributed by atoms with Crippen LogP contribution < -0.4 is 11.5 Å². The highest BCUT2D eigenvalue weighted by Gasteiger charge is 2.03. The van der Waals surface area contributed by atoms with Gasteiger partial charge in [-0.25, -0.2) is 4.99 Å². The molecule has 0 saturated carbocycles. The van der Waals surface area contributed by atoms with E-state index in [9.17, 15) is 0 Å². The fourth-order valence-electron chi connectivity index (χ4n) is 1.53. The van der Waals surface area contributed by atoms with Crippen LogP contribution in [0.15, 0.2) is 40.0 Å². The molecular weight excluding hydrogens is 230 g/mol. The number of aliphatic imine (C=N–C) groups is 1. The zero-order valence-corrected chi connectivity index (χ0v) is 11.3. The molecule has 0 spiro atoms. The van der Waals surface area contributed by atoms with Crippen LogP contribution in [-0.2, 0) is 6.42 Å². The first-order valence-electron chi connectivity index (χ1n) is 5.42. The van der Waals surface area contributed by atoms with E-state index in [0.29, 0.717) is 12.3 Å². The molecule has 17 heavy (non-hydrogen) atoms. The molecule has 0 aromatic heterocycles. The lowest BCUT2D eigenvalue weighted by Gasteiger charge is -2.07. The van der Waals surface area contributed by atoms with Crippen LogP contribution in [0.2, 0.25) is 0 Å². The summed E-state index contributed by atoms with van der Waals surface area (Å²) in [5.41, 5.74) is 14.8. The van der Waals surface area contributed by atoms with Crippen LogP contribution in [-0.4, -0.2) is 12.1 Å². The van der Waals surface area contributed by atoms with Gasteiger partial charge in [0.05, 0.1) is 5.84 Å². The highest BCUT2D eigenvalue weighted by Crippen LogP contribution is 2.19. The van der Waals surface area contributed by atoms with Crippen molar-refractivity contribution in [1.29, 1.82) is 0 Å². The minimum atomic E-state index is 0.529. The summed E-state index contributed by atoms with van der Waals surface area (Å²) in [7, 11) is 0. The second-order valence-corrected chi connectivity index (χ2v) is 4.75. The van der Waals surface area contributed by atoms with Gasteiger partial charge in [-0.1, -0.05) is 29.8 Å². The molecule has 0 aliphatic carbocycles. The van der Waals surface area contributed by atoms with Crippen molar-refractivity contribution in [2.45, 2.75) is 20.3 Å². The van der Waals surface area contributed by atoms with Crippen molar-refractivity contribution in [3.05, 3.63) is 46.1 Å². The van der Waals surface area contributed by atoms with Gasteiger partial charge in [0.1, 0.15) is 5.03 Å². The molecule has 0 aliphatic heterocycles. The van der Waals surface area contributed by atoms with Crippen LogP contribution in [0.25, 0.3) is 0 Å². The summed E-state index contributed by atoms with van der Waals surface area (Å²) in [6.07, 6.45) is 2.65. The molecule has 0 amide bonds. The summed E-state index contributed by atoms with van der Waals surface area (Å²) in [6, 6.07) is 8.30. The predicted octanol–water partition coefficient (Wildman–Crippen LogP) is 2.41. The Bertz CT molecular complexity index is 446. The van der Waals surface area contributed by atoms with Gasteiger partial charge < -0.3 is 11.5 Å². The van der Waals surface area contributed by atoms with E-state index in [1.165, 1.54) is 22.9 Å². The Hall–Kier alpha value is -1.42. The van der Waals surface area contributed by atoms with Crippen LogP contribution in [0.1, 0.15) is 18.1 Å². The molecular formula is C13H19N3S. The number of nitrogens with zero attached hydrogens (tertiary/aromatic N) is 1. The third-order valence-electron chi connectivity index (χ3n) is 2.22. The van der Waals surface area contributed by atoms with Gasteiger partial charge >= 0.3 is 0 Å². The molecule has 0 saturated heterocycles. The predicted molar refractivity (Wildman–Crippen MR) is 76.9 cm³/mol. The monoisotopic (exact) mass is 249 g/mol. The highest BCUT2D eigenvalue weighted by molar-refractivity contribution is 8.02. The Labute approximate surface area is 107 Å². The van der Waals surface area contributed by atoms with Gasteiger partial charge in [-0.3, -0.25) is 0 Å². The molecule has 0 atom stereocenters. The minimum Gasteiger partial charge on any atom is -0.400 e. The molecule has 92 valence electrons. The molecule has 0 unspecified atom stereocenters. The van der Waals surface area contributed by atoms with Gasteiger partial charge in [0.2, 0.25) is 0 Å². The van der Waals surface area contributed by atoms with Crippen LogP contribution in [0.5, 0.6) is 0 Å². The molecule has 3 nitrogen and oxygen atoms in total. The van der Waals surface area contributed by atoms with Crippen molar-refractivity contribution in [3.63, 3.8) is 0 Å². The number of hydrogen-bond acceptors (Lipinski definition) is 3. The lowest BCUT2D eigenvalue weighted by atomic mass is 10.1. The van der Waals surface area contributed by atoms with Gasteiger partial charge in [0.15, 0.2) is 0 Å². The molecule has 1 aromatic rings. The Morgan fingerprint density at radius 1 is 1.35 bits per heavy atom. The molecule has 0 radical (unpaired) electrons. The third kappa shape index (κ3) is 4.53. The summed E-state index contributed by atoms with van der Waals surface area (Å²) in [4.78, 5) is 4.23. The number of allylic oxidation sites excluding steroid dienone is 1. The van der Waals surface area contributed by atoms with Gasteiger partial charge in [-0.05, 0) is 25.7 Å². The molecule has 0 bridgehead atoms. The number of thioether (sulfide) groups is 1. The van der Waals surface area contributed by atoms with Crippen molar-refractivity contribution in [1.82, 2.24) is 0 Å². The summed E-state index contributed by atoms with van der Waals surface area (Å²) in [5.74, 6) is 0.529. The first-order chi connectivity index (χ1) is 8.02. The van der Waals surface area contributed by atoms with Crippen molar-refractivity contribution < 1.29 is 0 Å². The lowest BCUT2D eigenvalue weighted by molar-refractivity contribution is 1.08. The largest absolute Gasteiger partial charge is 0.400 e. The first-order valence-corrected chi connectivity index (χ1v) is 6.64. The van der Waals surface area contributed by atoms with Crippen molar-refractivity contribution in [2.24, 2.45) is 16.5 Å². The second-order valence-electron chi connectivity index (χ2n) is 3.95. The summed E-state index contributed by atoms with van der Waals surface area (Å²) in [6.45, 7) is 3.83. The van der Waals surface area contributed by atoms with Crippen molar-refractivity contribution in [2.75, 3.05) is 6.26 Å².